The fraction of sp³-hybridized carbons (Fsp3) is 0.696. The fourth-order valence-electron chi connectivity index (χ4n) is 8.53. The molecule has 1 atom stereocenters. The molecule has 0 heterocycles. The van der Waals surface area contributed by atoms with Crippen LogP contribution in [0.3, 0.4) is 0 Å². The summed E-state index contributed by atoms with van der Waals surface area (Å²) >= 11 is 0. The summed E-state index contributed by atoms with van der Waals surface area (Å²) in [4.78, 5) is 38.3. The molecule has 0 aromatic rings. The second-order valence-corrected chi connectivity index (χ2v) is 20.6. The summed E-state index contributed by atoms with van der Waals surface area (Å²) in [6, 6.07) is 0. The molecule has 6 nitrogen and oxygen atoms in total. The average molecular weight is 1040 g/mol. The number of carbonyl (C=O) groups excluding carboxylic acids is 3. The van der Waals surface area contributed by atoms with Crippen LogP contribution in [0.2, 0.25) is 0 Å². The van der Waals surface area contributed by atoms with Crippen LogP contribution in [-0.2, 0) is 28.6 Å². The summed E-state index contributed by atoms with van der Waals surface area (Å²) in [5.74, 6) is -0.944. The molecule has 0 aliphatic carbocycles. The Morgan fingerprint density at radius 2 is 0.520 bits per heavy atom. The summed E-state index contributed by atoms with van der Waals surface area (Å²) < 4.78 is 16.9. The minimum atomic E-state index is -0.803. The van der Waals surface area contributed by atoms with E-state index in [1.54, 1.807) is 0 Å². The van der Waals surface area contributed by atoms with Crippen molar-refractivity contribution in [3.05, 3.63) is 109 Å². The zero-order valence-corrected chi connectivity index (χ0v) is 49.0. The molecule has 6 heteroatoms. The molecule has 0 saturated heterocycles. The maximum absolute atomic E-state index is 12.9. The maximum atomic E-state index is 12.9. The van der Waals surface area contributed by atoms with E-state index in [0.29, 0.717) is 19.3 Å². The minimum absolute atomic E-state index is 0.0965. The Labute approximate surface area is 463 Å². The normalized spacial score (nSPS) is 12.8. The van der Waals surface area contributed by atoms with E-state index < -0.39 is 6.10 Å². The van der Waals surface area contributed by atoms with E-state index in [-0.39, 0.29) is 31.1 Å². The van der Waals surface area contributed by atoms with Crippen molar-refractivity contribution in [1.29, 1.82) is 0 Å². The Bertz CT molecular complexity index is 1520. The lowest BCUT2D eigenvalue weighted by Crippen LogP contribution is -2.30. The second-order valence-electron chi connectivity index (χ2n) is 20.6. The number of ether oxygens (including phenoxy) is 3. The Morgan fingerprint density at radius 1 is 0.280 bits per heavy atom. The first kappa shape index (κ1) is 71.1. The van der Waals surface area contributed by atoms with Gasteiger partial charge in [-0.05, 0) is 128 Å². The molecule has 0 aromatic heterocycles. The molecule has 0 aromatic carbocycles. The van der Waals surface area contributed by atoms with Crippen molar-refractivity contribution in [1.82, 2.24) is 0 Å². The molecule has 0 radical (unpaired) electrons. The van der Waals surface area contributed by atoms with E-state index in [1.807, 2.05) is 0 Å². The number of unbranched alkanes of at least 4 members (excludes halogenated alkanes) is 27. The summed E-state index contributed by atoms with van der Waals surface area (Å²) in [5.41, 5.74) is 0. The standard InChI is InChI=1S/C69H116O6/c1-4-7-10-13-16-19-22-25-28-31-33-34-36-38-41-44-47-50-53-56-59-62-68(71)74-65-66(64-73-67(70)61-58-55-52-49-46-43-40-37-30-27-24-21-18-15-12-9-6-3)75-69(72)63-60-57-54-51-48-45-42-39-35-32-29-26-23-20-17-14-11-8-5-2/h7,10,16-17,19-20,25-30,33-34,38,41,47,50,66H,4-6,8-9,11-15,18,21-24,31-32,35-37,39-40,42-46,48-49,51-65H2,1-3H3/b10-7-,19-16-,20-17-,28-25-,29-26-,30-27-,34-33-,41-38-,50-47-. The molecule has 0 amide bonds. The molecule has 0 aliphatic rings. The van der Waals surface area contributed by atoms with E-state index >= 15 is 0 Å². The molecular weight excluding hydrogens is 925 g/mol. The summed E-state index contributed by atoms with van der Waals surface area (Å²) in [6.07, 6.45) is 85.1. The summed E-state index contributed by atoms with van der Waals surface area (Å²) in [6.45, 7) is 6.47. The van der Waals surface area contributed by atoms with Crippen LogP contribution in [0.1, 0.15) is 290 Å². The van der Waals surface area contributed by atoms with Crippen LogP contribution in [-0.4, -0.2) is 37.2 Å². The summed E-state index contributed by atoms with van der Waals surface area (Å²) in [5, 5.41) is 0. The van der Waals surface area contributed by atoms with Crippen LogP contribution >= 0.6 is 0 Å². The van der Waals surface area contributed by atoms with Crippen molar-refractivity contribution < 1.29 is 28.6 Å². The number of rotatable bonds is 56. The van der Waals surface area contributed by atoms with Crippen molar-refractivity contribution in [3.63, 3.8) is 0 Å². The molecule has 1 unspecified atom stereocenters. The molecule has 0 fully saturated rings. The van der Waals surface area contributed by atoms with Gasteiger partial charge in [0, 0.05) is 19.3 Å². The molecule has 0 aliphatic heterocycles. The van der Waals surface area contributed by atoms with Crippen LogP contribution < -0.4 is 0 Å². The number of allylic oxidation sites excluding steroid dienone is 18. The van der Waals surface area contributed by atoms with Crippen LogP contribution in [0.5, 0.6) is 0 Å². The van der Waals surface area contributed by atoms with E-state index in [2.05, 4.69) is 130 Å². The third-order valence-electron chi connectivity index (χ3n) is 13.2. The molecule has 0 N–H and O–H groups in total. The van der Waals surface area contributed by atoms with E-state index in [9.17, 15) is 14.4 Å². The number of carbonyl (C=O) groups is 3. The van der Waals surface area contributed by atoms with Crippen molar-refractivity contribution in [2.24, 2.45) is 0 Å². The van der Waals surface area contributed by atoms with Gasteiger partial charge in [0.15, 0.2) is 6.10 Å². The van der Waals surface area contributed by atoms with Gasteiger partial charge in [0.2, 0.25) is 0 Å². The highest BCUT2D eigenvalue weighted by atomic mass is 16.6. The number of hydrogen-bond acceptors (Lipinski definition) is 6. The number of hydrogen-bond donors (Lipinski definition) is 0. The van der Waals surface area contributed by atoms with Crippen LogP contribution in [0.25, 0.3) is 0 Å². The van der Waals surface area contributed by atoms with Gasteiger partial charge in [0.25, 0.3) is 0 Å². The van der Waals surface area contributed by atoms with Gasteiger partial charge in [0.05, 0.1) is 0 Å². The molecule has 0 rings (SSSR count). The zero-order valence-electron chi connectivity index (χ0n) is 49.0. The molecular formula is C69H116O6. The highest BCUT2D eigenvalue weighted by Gasteiger charge is 2.19. The SMILES string of the molecule is CC/C=C\C/C=C\C/C=C\C/C=C\C/C=C\C/C=C\CCCCC(=O)OCC(COC(=O)CCCCCCCCC/C=C\CCCCCCCC)OC(=O)CCCCCCCCCCC/C=C\C/C=C\CCCCC. The third kappa shape index (κ3) is 60.8. The monoisotopic (exact) mass is 1040 g/mol. The second kappa shape index (κ2) is 62.6. The van der Waals surface area contributed by atoms with E-state index in [4.69, 9.17) is 14.2 Å². The lowest BCUT2D eigenvalue weighted by Gasteiger charge is -2.18. The molecule has 0 bridgehead atoms. The van der Waals surface area contributed by atoms with Gasteiger partial charge >= 0.3 is 17.9 Å². The van der Waals surface area contributed by atoms with Gasteiger partial charge in [-0.3, -0.25) is 14.4 Å². The van der Waals surface area contributed by atoms with Gasteiger partial charge in [-0.2, -0.15) is 0 Å². The molecule has 0 saturated carbocycles. The quantitative estimate of drug-likeness (QED) is 0.0261. The Balaban J connectivity index is 4.48. The Hall–Kier alpha value is -3.93. The Morgan fingerprint density at radius 3 is 0.880 bits per heavy atom. The lowest BCUT2D eigenvalue weighted by atomic mass is 10.1. The fourth-order valence-corrected chi connectivity index (χ4v) is 8.53. The molecule has 75 heavy (non-hydrogen) atoms. The minimum Gasteiger partial charge on any atom is -0.462 e. The van der Waals surface area contributed by atoms with E-state index in [1.165, 1.54) is 148 Å². The smallest absolute Gasteiger partial charge is 0.306 e. The average Bonchev–Trinajstić information content (AvgIpc) is 3.41. The van der Waals surface area contributed by atoms with Crippen molar-refractivity contribution in [3.8, 4) is 0 Å². The van der Waals surface area contributed by atoms with Gasteiger partial charge in [-0.1, -0.05) is 252 Å². The van der Waals surface area contributed by atoms with E-state index in [0.717, 1.165) is 103 Å². The van der Waals surface area contributed by atoms with Gasteiger partial charge in [-0.15, -0.1) is 0 Å². The zero-order chi connectivity index (χ0) is 54.3. The topological polar surface area (TPSA) is 78.9 Å². The predicted molar refractivity (Wildman–Crippen MR) is 325 cm³/mol. The van der Waals surface area contributed by atoms with Gasteiger partial charge in [-0.25, -0.2) is 0 Å². The van der Waals surface area contributed by atoms with Crippen molar-refractivity contribution >= 4 is 17.9 Å². The summed E-state index contributed by atoms with van der Waals surface area (Å²) in [7, 11) is 0. The van der Waals surface area contributed by atoms with Gasteiger partial charge < -0.3 is 14.2 Å². The predicted octanol–water partition coefficient (Wildman–Crippen LogP) is 21.4. The van der Waals surface area contributed by atoms with Crippen molar-refractivity contribution in [2.75, 3.05) is 13.2 Å². The number of esters is 3. The largest absolute Gasteiger partial charge is 0.462 e. The van der Waals surface area contributed by atoms with Gasteiger partial charge in [0.1, 0.15) is 13.2 Å². The van der Waals surface area contributed by atoms with Crippen LogP contribution in [0.15, 0.2) is 109 Å². The molecule has 0 spiro atoms. The first-order chi connectivity index (χ1) is 37.0. The maximum Gasteiger partial charge on any atom is 0.306 e. The first-order valence-corrected chi connectivity index (χ1v) is 31.4. The van der Waals surface area contributed by atoms with Crippen LogP contribution in [0.4, 0.5) is 0 Å². The van der Waals surface area contributed by atoms with Crippen LogP contribution in [0, 0.1) is 0 Å². The highest BCUT2D eigenvalue weighted by molar-refractivity contribution is 5.71. The Kier molecular flexibility index (Phi) is 59.3. The van der Waals surface area contributed by atoms with Crippen molar-refractivity contribution in [2.45, 2.75) is 297 Å². The first-order valence-electron chi connectivity index (χ1n) is 31.4. The lowest BCUT2D eigenvalue weighted by molar-refractivity contribution is -0.167. The molecule has 428 valence electrons. The highest BCUT2D eigenvalue weighted by Crippen LogP contribution is 2.15. The third-order valence-corrected chi connectivity index (χ3v) is 13.2.